The zero-order chi connectivity index (χ0) is 25.1. The monoisotopic (exact) mass is 514 g/mol. The van der Waals surface area contributed by atoms with Crippen molar-refractivity contribution in [1.29, 1.82) is 0 Å². The summed E-state index contributed by atoms with van der Waals surface area (Å²) in [6.07, 6.45) is 0. The molecule has 2 aromatic carbocycles. The first-order chi connectivity index (χ1) is 17.5. The van der Waals surface area contributed by atoms with Crippen LogP contribution in [0.4, 0.5) is 0 Å². The first-order valence-electron chi connectivity index (χ1n) is 10.3. The molecule has 0 saturated carbocycles. The maximum Gasteiger partial charge on any atom is 0.355 e. The first kappa shape index (κ1) is 23.1. The zero-order valence-electron chi connectivity index (χ0n) is 18.1. The van der Waals surface area contributed by atoms with Crippen molar-refractivity contribution in [3.05, 3.63) is 81.7 Å². The average molecular weight is 515 g/mol. The van der Waals surface area contributed by atoms with Gasteiger partial charge in [-0.1, -0.05) is 36.4 Å². The third-order valence-electron chi connectivity index (χ3n) is 4.93. The minimum atomic E-state index is -1.06. The molecule has 6 aromatic rings. The van der Waals surface area contributed by atoms with Gasteiger partial charge in [-0.05, 0) is 12.1 Å². The summed E-state index contributed by atoms with van der Waals surface area (Å²) in [5, 5.41) is 23.0. The van der Waals surface area contributed by atoms with E-state index in [4.69, 9.17) is 0 Å². The van der Waals surface area contributed by atoms with Gasteiger partial charge >= 0.3 is 11.9 Å². The van der Waals surface area contributed by atoms with Crippen LogP contribution in [0.2, 0.25) is 0 Å². The van der Waals surface area contributed by atoms with Crippen LogP contribution in [-0.4, -0.2) is 52.1 Å². The third kappa shape index (κ3) is 4.62. The first-order valence-corrected chi connectivity index (χ1v) is 12.2. The maximum absolute atomic E-state index is 11.2. The lowest BCUT2D eigenvalue weighted by Crippen LogP contribution is -2.04. The normalized spacial score (nSPS) is 10.7. The molecule has 4 aromatic heterocycles. The second kappa shape index (κ2) is 9.90. The molecule has 176 valence electrons. The van der Waals surface area contributed by atoms with Gasteiger partial charge in [0.1, 0.15) is 11.4 Å². The van der Waals surface area contributed by atoms with Gasteiger partial charge in [0.25, 0.3) is 0 Å². The van der Waals surface area contributed by atoms with Gasteiger partial charge in [-0.2, -0.15) is 0 Å². The van der Waals surface area contributed by atoms with E-state index in [9.17, 15) is 19.8 Å². The van der Waals surface area contributed by atoms with Crippen molar-refractivity contribution in [2.24, 2.45) is 0 Å². The molecule has 0 aliphatic carbocycles. The van der Waals surface area contributed by atoms with E-state index in [0.717, 1.165) is 0 Å². The van der Waals surface area contributed by atoms with E-state index in [1.165, 1.54) is 22.7 Å². The molecule has 6 rings (SSSR count). The fourth-order valence-electron chi connectivity index (χ4n) is 3.35. The predicted octanol–water partition coefficient (Wildman–Crippen LogP) is 4.90. The number of aromatic nitrogens is 6. The van der Waals surface area contributed by atoms with Gasteiger partial charge in [-0.25, -0.2) is 39.5 Å². The molecule has 4 heterocycles. The molecule has 36 heavy (non-hydrogen) atoms. The van der Waals surface area contributed by atoms with E-state index in [1.54, 1.807) is 58.2 Å². The van der Waals surface area contributed by atoms with E-state index >= 15 is 0 Å². The predicted molar refractivity (Wildman–Crippen MR) is 135 cm³/mol. The Labute approximate surface area is 210 Å². The summed E-state index contributed by atoms with van der Waals surface area (Å²) in [5.41, 5.74) is 5.72. The Kier molecular flexibility index (Phi) is 6.34. The summed E-state index contributed by atoms with van der Waals surface area (Å²) in [7, 11) is 0. The van der Waals surface area contributed by atoms with E-state index in [2.05, 4.69) is 29.9 Å². The van der Waals surface area contributed by atoms with Crippen LogP contribution in [0.25, 0.3) is 44.8 Å². The number of nitrogens with zero attached hydrogens (tertiary/aromatic N) is 6. The lowest BCUT2D eigenvalue weighted by molar-refractivity contribution is 0.0682. The number of fused-ring (bicyclic) bond motifs is 2. The Morgan fingerprint density at radius 1 is 0.611 bits per heavy atom. The van der Waals surface area contributed by atoms with Gasteiger partial charge < -0.3 is 10.2 Å². The van der Waals surface area contributed by atoms with Crippen LogP contribution in [0.15, 0.2) is 70.3 Å². The minimum absolute atomic E-state index is 0.00333. The van der Waals surface area contributed by atoms with Crippen molar-refractivity contribution in [2.75, 3.05) is 0 Å². The summed E-state index contributed by atoms with van der Waals surface area (Å²) in [6.45, 7) is 0. The fraction of sp³-hybridized carbons (Fsp3) is 0. The van der Waals surface area contributed by atoms with Crippen LogP contribution < -0.4 is 0 Å². The highest BCUT2D eigenvalue weighted by atomic mass is 32.1. The molecule has 0 amide bonds. The standard InChI is InChI=1S/2C12H7N3O2S/c2*16-12(17)10-7-3-1-2-4-8(7)14-11(15-10)9-5-18-6-13-9/h2*1-6H,(H,16,17). The second-order valence-corrected chi connectivity index (χ2v) is 8.62. The topological polar surface area (TPSA) is 152 Å². The van der Waals surface area contributed by atoms with Gasteiger partial charge in [0.05, 0.1) is 22.1 Å². The molecule has 0 atom stereocenters. The number of hydrogen-bond acceptors (Lipinski definition) is 10. The Bertz CT molecular complexity index is 1580. The van der Waals surface area contributed by atoms with E-state index in [0.29, 0.717) is 44.8 Å². The molecule has 0 spiro atoms. The molecule has 0 aliphatic rings. The number of hydrogen-bond donors (Lipinski definition) is 2. The number of benzene rings is 2. The lowest BCUT2D eigenvalue weighted by atomic mass is 10.2. The minimum Gasteiger partial charge on any atom is -0.476 e. The Hall–Kier alpha value is -4.68. The highest BCUT2D eigenvalue weighted by molar-refractivity contribution is 7.08. The SMILES string of the molecule is O=C(O)c1nc(-c2cscn2)nc2ccccc12.O=C(O)c1nc(-c2cscn2)nc2ccccc12. The van der Waals surface area contributed by atoms with Crippen molar-refractivity contribution < 1.29 is 19.8 Å². The van der Waals surface area contributed by atoms with Gasteiger partial charge in [0.15, 0.2) is 23.0 Å². The van der Waals surface area contributed by atoms with Crippen LogP contribution in [-0.2, 0) is 0 Å². The molecule has 0 aliphatic heterocycles. The van der Waals surface area contributed by atoms with Gasteiger partial charge in [0, 0.05) is 21.5 Å². The smallest absolute Gasteiger partial charge is 0.355 e. The van der Waals surface area contributed by atoms with Crippen molar-refractivity contribution in [3.63, 3.8) is 0 Å². The summed E-state index contributed by atoms with van der Waals surface area (Å²) >= 11 is 2.83. The quantitative estimate of drug-likeness (QED) is 0.332. The Morgan fingerprint density at radius 3 is 1.39 bits per heavy atom. The van der Waals surface area contributed by atoms with Crippen LogP contribution in [0.1, 0.15) is 21.0 Å². The third-order valence-corrected chi connectivity index (χ3v) is 6.11. The number of carbonyl (C=O) groups is 2. The second-order valence-electron chi connectivity index (χ2n) is 7.18. The molecule has 0 fully saturated rings. The zero-order valence-corrected chi connectivity index (χ0v) is 19.8. The number of thiazole rings is 2. The molecule has 12 heteroatoms. The van der Waals surface area contributed by atoms with Crippen molar-refractivity contribution >= 4 is 56.4 Å². The van der Waals surface area contributed by atoms with E-state index < -0.39 is 11.9 Å². The van der Waals surface area contributed by atoms with Crippen LogP contribution in [0, 0.1) is 0 Å². The molecule has 10 nitrogen and oxygen atoms in total. The molecule has 0 saturated heterocycles. The van der Waals surface area contributed by atoms with Crippen LogP contribution >= 0.6 is 22.7 Å². The van der Waals surface area contributed by atoms with Crippen LogP contribution in [0.5, 0.6) is 0 Å². The number of carboxylic acid groups (broad SMARTS) is 2. The summed E-state index contributed by atoms with van der Waals surface area (Å²) in [5.74, 6) is -1.45. The van der Waals surface area contributed by atoms with Gasteiger partial charge in [0.2, 0.25) is 0 Å². The number of aromatic carboxylic acids is 2. The molecular formula is C24H14N6O4S2. The van der Waals surface area contributed by atoms with Gasteiger partial charge in [-0.15, -0.1) is 22.7 Å². The largest absolute Gasteiger partial charge is 0.476 e. The Morgan fingerprint density at radius 2 is 1.03 bits per heavy atom. The summed E-state index contributed by atoms with van der Waals surface area (Å²) in [6, 6.07) is 14.1. The number of carboxylic acids is 2. The van der Waals surface area contributed by atoms with Gasteiger partial charge in [-0.3, -0.25) is 0 Å². The average Bonchev–Trinajstić information content (AvgIpc) is 3.63. The molecule has 2 N–H and O–H groups in total. The number of para-hydroxylation sites is 2. The molecular weight excluding hydrogens is 500 g/mol. The highest BCUT2D eigenvalue weighted by Gasteiger charge is 2.16. The van der Waals surface area contributed by atoms with Crippen molar-refractivity contribution in [3.8, 4) is 23.0 Å². The molecule has 0 radical (unpaired) electrons. The van der Waals surface area contributed by atoms with Crippen molar-refractivity contribution in [2.45, 2.75) is 0 Å². The number of rotatable bonds is 4. The van der Waals surface area contributed by atoms with Crippen LogP contribution in [0.3, 0.4) is 0 Å². The summed E-state index contributed by atoms with van der Waals surface area (Å²) in [4.78, 5) is 47.5. The van der Waals surface area contributed by atoms with E-state index in [1.807, 2.05) is 12.1 Å². The molecule has 0 unspecified atom stereocenters. The fourth-order valence-corrected chi connectivity index (χ4v) is 4.42. The maximum atomic E-state index is 11.2. The lowest BCUT2D eigenvalue weighted by Gasteiger charge is -2.03. The summed E-state index contributed by atoms with van der Waals surface area (Å²) < 4.78 is 0. The molecule has 0 bridgehead atoms. The van der Waals surface area contributed by atoms with Crippen molar-refractivity contribution in [1.82, 2.24) is 29.9 Å². The Balaban J connectivity index is 0.000000148. The van der Waals surface area contributed by atoms with E-state index in [-0.39, 0.29) is 11.4 Å². The highest BCUT2D eigenvalue weighted by Crippen LogP contribution is 2.22.